The van der Waals surface area contributed by atoms with Gasteiger partial charge in [-0.05, 0) is 56.3 Å². The van der Waals surface area contributed by atoms with E-state index in [1.54, 1.807) is 30.5 Å². The normalized spacial score (nSPS) is 17.5. The van der Waals surface area contributed by atoms with Gasteiger partial charge in [-0.25, -0.2) is 4.39 Å². The molecule has 176 valence electrons. The third-order valence-electron chi connectivity index (χ3n) is 5.94. The summed E-state index contributed by atoms with van der Waals surface area (Å²) in [4.78, 5) is 31.1. The number of nitrogens with zero attached hydrogens (tertiary/aromatic N) is 1. The lowest BCUT2D eigenvalue weighted by Gasteiger charge is -2.25. The number of aliphatic hydroxyl groups is 1. The summed E-state index contributed by atoms with van der Waals surface area (Å²) in [6.45, 7) is 3.77. The Morgan fingerprint density at radius 2 is 1.77 bits per heavy atom. The van der Waals surface area contributed by atoms with Gasteiger partial charge < -0.3 is 14.8 Å². The van der Waals surface area contributed by atoms with Crippen LogP contribution in [0.25, 0.3) is 16.7 Å². The number of rotatable bonds is 5. The second-order valence-corrected chi connectivity index (χ2v) is 8.63. The van der Waals surface area contributed by atoms with E-state index < -0.39 is 23.5 Å². The SMILES string of the molecule is CC(C)Oc1cccc(/C(O)=C2\C(=O)C(=O)N(c3ccc(F)cc3)C2c2c[nH]c3ccccc23)c1. The summed E-state index contributed by atoms with van der Waals surface area (Å²) < 4.78 is 19.4. The number of anilines is 1. The zero-order chi connectivity index (χ0) is 24.7. The number of fused-ring (bicyclic) bond motifs is 1. The van der Waals surface area contributed by atoms with Crippen LogP contribution < -0.4 is 9.64 Å². The smallest absolute Gasteiger partial charge is 0.300 e. The summed E-state index contributed by atoms with van der Waals surface area (Å²) in [5, 5.41) is 12.2. The Labute approximate surface area is 201 Å². The lowest BCUT2D eigenvalue weighted by atomic mass is 9.94. The molecule has 0 saturated carbocycles. The topological polar surface area (TPSA) is 82.6 Å². The van der Waals surface area contributed by atoms with Crippen LogP contribution in [0.1, 0.15) is 31.0 Å². The highest BCUT2D eigenvalue weighted by Crippen LogP contribution is 2.44. The molecule has 1 aliphatic rings. The van der Waals surface area contributed by atoms with Gasteiger partial charge in [-0.3, -0.25) is 14.5 Å². The molecule has 1 aliphatic heterocycles. The summed E-state index contributed by atoms with van der Waals surface area (Å²) in [6, 6.07) is 18.7. The largest absolute Gasteiger partial charge is 0.507 e. The summed E-state index contributed by atoms with van der Waals surface area (Å²) >= 11 is 0. The van der Waals surface area contributed by atoms with Crippen LogP contribution in [0.15, 0.2) is 84.6 Å². The number of hydrogen-bond donors (Lipinski definition) is 2. The molecule has 0 aliphatic carbocycles. The van der Waals surface area contributed by atoms with Crippen LogP contribution >= 0.6 is 0 Å². The Kier molecular flexibility index (Phi) is 5.61. The Morgan fingerprint density at radius 1 is 1.03 bits per heavy atom. The first-order chi connectivity index (χ1) is 16.8. The number of aliphatic hydroxyl groups excluding tert-OH is 1. The average molecular weight is 471 g/mol. The van der Waals surface area contributed by atoms with E-state index in [4.69, 9.17) is 4.74 Å². The number of halogens is 1. The standard InChI is InChI=1S/C28H23FN2O4/c1-16(2)35-20-7-5-6-17(14-20)26(32)24-25(22-15-30-23-9-4-3-8-21(22)23)31(28(34)27(24)33)19-12-10-18(29)11-13-19/h3-16,25,30,32H,1-2H3/b26-24+. The predicted octanol–water partition coefficient (Wildman–Crippen LogP) is 5.72. The first-order valence-electron chi connectivity index (χ1n) is 11.2. The van der Waals surface area contributed by atoms with Crippen LogP contribution in [0.3, 0.4) is 0 Å². The fraction of sp³-hybridized carbons (Fsp3) is 0.143. The molecule has 5 rings (SSSR count). The van der Waals surface area contributed by atoms with Crippen LogP contribution in [0, 0.1) is 5.82 Å². The summed E-state index contributed by atoms with van der Waals surface area (Å²) in [5.74, 6) is -1.87. The van der Waals surface area contributed by atoms with E-state index in [1.165, 1.54) is 29.2 Å². The molecule has 2 N–H and O–H groups in total. The Hall–Kier alpha value is -4.39. The minimum absolute atomic E-state index is 0.0502. The van der Waals surface area contributed by atoms with Gasteiger partial charge in [-0.1, -0.05) is 30.3 Å². The number of amides is 1. The van der Waals surface area contributed by atoms with Crippen molar-refractivity contribution in [3.8, 4) is 5.75 Å². The predicted molar refractivity (Wildman–Crippen MR) is 132 cm³/mol. The number of aromatic nitrogens is 1. The number of para-hydroxylation sites is 1. The van der Waals surface area contributed by atoms with Gasteiger partial charge in [0, 0.05) is 33.9 Å². The maximum absolute atomic E-state index is 13.6. The van der Waals surface area contributed by atoms with E-state index in [9.17, 15) is 19.1 Å². The number of aromatic amines is 1. The highest BCUT2D eigenvalue weighted by atomic mass is 19.1. The average Bonchev–Trinajstić information content (AvgIpc) is 3.38. The number of H-pyrrole nitrogens is 1. The van der Waals surface area contributed by atoms with Crippen LogP contribution in [0.5, 0.6) is 5.75 Å². The van der Waals surface area contributed by atoms with Crippen molar-refractivity contribution in [3.63, 3.8) is 0 Å². The van der Waals surface area contributed by atoms with E-state index in [2.05, 4.69) is 4.98 Å². The zero-order valence-electron chi connectivity index (χ0n) is 19.2. The molecular formula is C28H23FN2O4. The number of ether oxygens (including phenoxy) is 1. The molecule has 1 amide bonds. The lowest BCUT2D eigenvalue weighted by molar-refractivity contribution is -0.132. The highest BCUT2D eigenvalue weighted by molar-refractivity contribution is 6.51. The molecule has 1 unspecified atom stereocenters. The molecular weight excluding hydrogens is 447 g/mol. The molecule has 7 heteroatoms. The van der Waals surface area contributed by atoms with E-state index in [0.717, 1.165) is 10.9 Å². The van der Waals surface area contributed by atoms with Gasteiger partial charge in [-0.2, -0.15) is 0 Å². The molecule has 0 bridgehead atoms. The third kappa shape index (κ3) is 3.95. The number of carbonyl (C=O) groups is 2. The van der Waals surface area contributed by atoms with Crippen LogP contribution in [-0.4, -0.2) is 27.9 Å². The maximum atomic E-state index is 13.6. The van der Waals surface area contributed by atoms with Crippen molar-refractivity contribution in [2.75, 3.05) is 4.90 Å². The minimum atomic E-state index is -0.925. The molecule has 3 aromatic carbocycles. The Morgan fingerprint density at radius 3 is 2.51 bits per heavy atom. The molecule has 0 spiro atoms. The van der Waals surface area contributed by atoms with Crippen molar-refractivity contribution >= 4 is 34.0 Å². The quantitative estimate of drug-likeness (QED) is 0.222. The van der Waals surface area contributed by atoms with Gasteiger partial charge >= 0.3 is 0 Å². The van der Waals surface area contributed by atoms with Crippen molar-refractivity contribution in [1.82, 2.24) is 4.98 Å². The number of nitrogens with one attached hydrogen (secondary N) is 1. The van der Waals surface area contributed by atoms with Gasteiger partial charge in [0.2, 0.25) is 0 Å². The Balaban J connectivity index is 1.73. The van der Waals surface area contributed by atoms with Crippen LogP contribution in [-0.2, 0) is 9.59 Å². The summed E-state index contributed by atoms with van der Waals surface area (Å²) in [5.41, 5.74) is 2.11. The number of benzene rings is 3. The van der Waals surface area contributed by atoms with Crippen molar-refractivity contribution in [3.05, 3.63) is 102 Å². The van der Waals surface area contributed by atoms with Crippen molar-refractivity contribution < 1.29 is 23.8 Å². The van der Waals surface area contributed by atoms with Crippen molar-refractivity contribution in [2.45, 2.75) is 26.0 Å². The van der Waals surface area contributed by atoms with Gasteiger partial charge in [-0.15, -0.1) is 0 Å². The van der Waals surface area contributed by atoms with E-state index in [0.29, 0.717) is 22.6 Å². The summed E-state index contributed by atoms with van der Waals surface area (Å²) in [6.07, 6.45) is 1.64. The van der Waals surface area contributed by atoms with Crippen molar-refractivity contribution in [1.29, 1.82) is 0 Å². The number of ketones is 1. The molecule has 6 nitrogen and oxygen atoms in total. The fourth-order valence-corrected chi connectivity index (χ4v) is 4.46. The second kappa shape index (κ2) is 8.76. The molecule has 1 fully saturated rings. The fourth-order valence-electron chi connectivity index (χ4n) is 4.46. The van der Waals surface area contributed by atoms with Gasteiger partial charge in [0.25, 0.3) is 11.7 Å². The van der Waals surface area contributed by atoms with Crippen molar-refractivity contribution in [2.24, 2.45) is 0 Å². The maximum Gasteiger partial charge on any atom is 0.300 e. The molecule has 1 saturated heterocycles. The first-order valence-corrected chi connectivity index (χ1v) is 11.2. The van der Waals surface area contributed by atoms with Crippen LogP contribution in [0.2, 0.25) is 0 Å². The van der Waals surface area contributed by atoms with Gasteiger partial charge in [0.05, 0.1) is 17.7 Å². The lowest BCUT2D eigenvalue weighted by Crippen LogP contribution is -2.29. The molecule has 4 aromatic rings. The Bertz CT molecular complexity index is 1470. The van der Waals surface area contributed by atoms with E-state index in [1.807, 2.05) is 38.1 Å². The molecule has 0 radical (unpaired) electrons. The van der Waals surface area contributed by atoms with E-state index >= 15 is 0 Å². The first kappa shape index (κ1) is 22.4. The van der Waals surface area contributed by atoms with Crippen LogP contribution in [0.4, 0.5) is 10.1 Å². The minimum Gasteiger partial charge on any atom is -0.507 e. The third-order valence-corrected chi connectivity index (χ3v) is 5.94. The number of Topliss-reactive ketones (excluding diaryl/α,β-unsaturated/α-hetero) is 1. The molecule has 1 atom stereocenters. The molecule has 35 heavy (non-hydrogen) atoms. The number of carbonyl (C=O) groups excluding carboxylic acids is 2. The highest BCUT2D eigenvalue weighted by Gasteiger charge is 2.47. The van der Waals surface area contributed by atoms with E-state index in [-0.39, 0.29) is 17.4 Å². The number of hydrogen-bond acceptors (Lipinski definition) is 4. The second-order valence-electron chi connectivity index (χ2n) is 8.63. The zero-order valence-corrected chi connectivity index (χ0v) is 19.2. The van der Waals surface area contributed by atoms with Gasteiger partial charge in [0.1, 0.15) is 17.3 Å². The monoisotopic (exact) mass is 470 g/mol. The molecule has 2 heterocycles. The van der Waals surface area contributed by atoms with Gasteiger partial charge in [0.15, 0.2) is 0 Å². The molecule has 1 aromatic heterocycles. The summed E-state index contributed by atoms with van der Waals surface area (Å²) in [7, 11) is 0.